The molecular weight excluding hydrogens is 300 g/mol. The number of guanidine groups is 1. The van der Waals surface area contributed by atoms with E-state index in [2.05, 4.69) is 65.4 Å². The molecule has 5 nitrogen and oxygen atoms in total. The highest BCUT2D eigenvalue weighted by Crippen LogP contribution is 2.07. The van der Waals surface area contributed by atoms with Gasteiger partial charge in [-0.3, -0.25) is 4.99 Å². The van der Waals surface area contributed by atoms with E-state index in [1.54, 1.807) is 7.11 Å². The van der Waals surface area contributed by atoms with Crippen LogP contribution in [0.15, 0.2) is 29.3 Å². The molecule has 1 aromatic rings. The van der Waals surface area contributed by atoms with E-state index in [1.165, 1.54) is 11.1 Å². The first-order valence-corrected chi connectivity index (χ1v) is 8.77. The van der Waals surface area contributed by atoms with Crippen LogP contribution < -0.4 is 5.32 Å². The van der Waals surface area contributed by atoms with Gasteiger partial charge in [0.25, 0.3) is 0 Å². The number of nitrogens with zero attached hydrogens (tertiary/aromatic N) is 3. The van der Waals surface area contributed by atoms with Gasteiger partial charge in [0, 0.05) is 40.8 Å². The van der Waals surface area contributed by atoms with Gasteiger partial charge in [-0.05, 0) is 37.6 Å². The van der Waals surface area contributed by atoms with Crippen molar-refractivity contribution in [2.24, 2.45) is 4.99 Å². The van der Waals surface area contributed by atoms with Crippen LogP contribution in [0.1, 0.15) is 24.5 Å². The first kappa shape index (κ1) is 20.5. The second kappa shape index (κ2) is 11.9. The van der Waals surface area contributed by atoms with Crippen molar-refractivity contribution in [3.8, 4) is 0 Å². The number of benzene rings is 1. The Hall–Kier alpha value is -1.59. The molecule has 0 aliphatic rings. The Morgan fingerprint density at radius 3 is 2.38 bits per heavy atom. The summed E-state index contributed by atoms with van der Waals surface area (Å²) in [5.74, 6) is 0.939. The minimum Gasteiger partial charge on any atom is -0.383 e. The van der Waals surface area contributed by atoms with Crippen LogP contribution in [-0.4, -0.2) is 70.3 Å². The van der Waals surface area contributed by atoms with Crippen molar-refractivity contribution in [1.82, 2.24) is 15.1 Å². The Kier molecular flexibility index (Phi) is 10.1. The monoisotopic (exact) mass is 334 g/mol. The summed E-state index contributed by atoms with van der Waals surface area (Å²) in [5, 5.41) is 3.44. The average Bonchev–Trinajstić information content (AvgIpc) is 2.60. The van der Waals surface area contributed by atoms with Gasteiger partial charge in [0.05, 0.1) is 6.61 Å². The fraction of sp³-hybridized carbons (Fsp3) is 0.632. The lowest BCUT2D eigenvalue weighted by Gasteiger charge is -2.23. The third kappa shape index (κ3) is 7.79. The Balaban J connectivity index is 2.34. The SMILES string of the molecule is CCc1ccc(CN(C)C(=NC)NCCCN(C)CCOC)cc1. The van der Waals surface area contributed by atoms with Crippen LogP contribution >= 0.6 is 0 Å². The van der Waals surface area contributed by atoms with E-state index in [4.69, 9.17) is 4.74 Å². The molecule has 24 heavy (non-hydrogen) atoms. The van der Waals surface area contributed by atoms with Crippen LogP contribution in [0.3, 0.4) is 0 Å². The number of likely N-dealkylation sites (N-methyl/N-ethyl adjacent to an activating group) is 1. The Labute approximate surface area is 147 Å². The smallest absolute Gasteiger partial charge is 0.193 e. The molecule has 1 N–H and O–H groups in total. The first-order valence-electron chi connectivity index (χ1n) is 8.77. The molecule has 0 aliphatic carbocycles. The van der Waals surface area contributed by atoms with Crippen LogP contribution in [0.25, 0.3) is 0 Å². The summed E-state index contributed by atoms with van der Waals surface area (Å²) < 4.78 is 5.09. The topological polar surface area (TPSA) is 40.1 Å². The van der Waals surface area contributed by atoms with Crippen LogP contribution in [0.4, 0.5) is 0 Å². The molecule has 0 heterocycles. The van der Waals surface area contributed by atoms with E-state index < -0.39 is 0 Å². The van der Waals surface area contributed by atoms with E-state index in [0.717, 1.165) is 51.6 Å². The molecule has 0 aliphatic heterocycles. The number of hydrogen-bond donors (Lipinski definition) is 1. The van der Waals surface area contributed by atoms with E-state index in [0.29, 0.717) is 0 Å². The third-order valence-electron chi connectivity index (χ3n) is 4.10. The van der Waals surface area contributed by atoms with Crippen molar-refractivity contribution in [3.63, 3.8) is 0 Å². The lowest BCUT2D eigenvalue weighted by atomic mass is 10.1. The largest absolute Gasteiger partial charge is 0.383 e. The molecule has 0 radical (unpaired) electrons. The number of rotatable bonds is 10. The van der Waals surface area contributed by atoms with E-state index in [-0.39, 0.29) is 0 Å². The minimum absolute atomic E-state index is 0.783. The average molecular weight is 335 g/mol. The Morgan fingerprint density at radius 1 is 1.12 bits per heavy atom. The van der Waals surface area contributed by atoms with Crippen molar-refractivity contribution in [2.75, 3.05) is 54.5 Å². The number of hydrogen-bond acceptors (Lipinski definition) is 3. The fourth-order valence-electron chi connectivity index (χ4n) is 2.52. The molecule has 136 valence electrons. The summed E-state index contributed by atoms with van der Waals surface area (Å²) in [6.07, 6.45) is 2.16. The molecule has 0 aromatic heterocycles. The molecule has 0 spiro atoms. The zero-order valence-electron chi connectivity index (χ0n) is 16.0. The predicted octanol–water partition coefficient (Wildman–Crippen LogP) is 2.22. The van der Waals surface area contributed by atoms with Gasteiger partial charge >= 0.3 is 0 Å². The Bertz CT molecular complexity index is 473. The van der Waals surface area contributed by atoms with E-state index in [1.807, 2.05) is 7.05 Å². The number of nitrogens with one attached hydrogen (secondary N) is 1. The van der Waals surface area contributed by atoms with Gasteiger partial charge in [-0.25, -0.2) is 0 Å². The van der Waals surface area contributed by atoms with Crippen molar-refractivity contribution in [2.45, 2.75) is 26.3 Å². The fourth-order valence-corrected chi connectivity index (χ4v) is 2.52. The standard InChI is InChI=1S/C19H34N4O/c1-6-17-8-10-18(11-9-17)16-23(4)19(20-2)21-12-7-13-22(3)14-15-24-5/h8-11H,6-7,12-16H2,1-5H3,(H,20,21). The maximum atomic E-state index is 5.09. The number of ether oxygens (including phenoxy) is 1. The van der Waals surface area contributed by atoms with Crippen LogP contribution in [0.5, 0.6) is 0 Å². The quantitative estimate of drug-likeness (QED) is 0.405. The number of methoxy groups -OCH3 is 1. The van der Waals surface area contributed by atoms with Crippen molar-refractivity contribution in [3.05, 3.63) is 35.4 Å². The third-order valence-corrected chi connectivity index (χ3v) is 4.10. The molecule has 5 heteroatoms. The van der Waals surface area contributed by atoms with E-state index in [9.17, 15) is 0 Å². The molecule has 0 atom stereocenters. The highest BCUT2D eigenvalue weighted by atomic mass is 16.5. The molecule has 1 rings (SSSR count). The van der Waals surface area contributed by atoms with Crippen molar-refractivity contribution in [1.29, 1.82) is 0 Å². The predicted molar refractivity (Wildman–Crippen MR) is 103 cm³/mol. The summed E-state index contributed by atoms with van der Waals surface area (Å²) >= 11 is 0. The maximum Gasteiger partial charge on any atom is 0.193 e. The van der Waals surface area contributed by atoms with Gasteiger partial charge in [-0.2, -0.15) is 0 Å². The van der Waals surface area contributed by atoms with Gasteiger partial charge in [-0.15, -0.1) is 0 Å². The van der Waals surface area contributed by atoms with Crippen LogP contribution in [-0.2, 0) is 17.7 Å². The van der Waals surface area contributed by atoms with Gasteiger partial charge in [0.15, 0.2) is 5.96 Å². The molecule has 0 saturated carbocycles. The highest BCUT2D eigenvalue weighted by Gasteiger charge is 2.06. The molecule has 0 amide bonds. The van der Waals surface area contributed by atoms with Crippen molar-refractivity contribution >= 4 is 5.96 Å². The maximum absolute atomic E-state index is 5.09. The first-order chi connectivity index (χ1) is 11.6. The van der Waals surface area contributed by atoms with E-state index >= 15 is 0 Å². The molecule has 0 saturated heterocycles. The lowest BCUT2D eigenvalue weighted by molar-refractivity contribution is 0.161. The van der Waals surface area contributed by atoms with Gasteiger partial charge in [0.2, 0.25) is 0 Å². The molecule has 1 aromatic carbocycles. The minimum atomic E-state index is 0.783. The summed E-state index contributed by atoms with van der Waals surface area (Å²) in [6.45, 7) is 6.76. The van der Waals surface area contributed by atoms with Crippen molar-refractivity contribution < 1.29 is 4.74 Å². The zero-order chi connectivity index (χ0) is 17.8. The zero-order valence-corrected chi connectivity index (χ0v) is 16.0. The van der Waals surface area contributed by atoms with Crippen LogP contribution in [0, 0.1) is 0 Å². The van der Waals surface area contributed by atoms with Crippen LogP contribution in [0.2, 0.25) is 0 Å². The second-order valence-corrected chi connectivity index (χ2v) is 6.15. The molecule has 0 fully saturated rings. The second-order valence-electron chi connectivity index (χ2n) is 6.15. The van der Waals surface area contributed by atoms with Gasteiger partial charge in [-0.1, -0.05) is 31.2 Å². The lowest BCUT2D eigenvalue weighted by Crippen LogP contribution is -2.39. The summed E-state index contributed by atoms with van der Waals surface area (Å²) in [6, 6.07) is 8.81. The normalized spacial score (nSPS) is 11.8. The summed E-state index contributed by atoms with van der Waals surface area (Å²) in [7, 11) is 7.78. The van der Waals surface area contributed by atoms with Gasteiger partial charge < -0.3 is 19.9 Å². The molecule has 0 unspecified atom stereocenters. The summed E-state index contributed by atoms with van der Waals surface area (Å²) in [4.78, 5) is 8.83. The summed E-state index contributed by atoms with van der Waals surface area (Å²) in [5.41, 5.74) is 2.68. The molecular formula is C19H34N4O. The van der Waals surface area contributed by atoms with Gasteiger partial charge in [0.1, 0.15) is 0 Å². The highest BCUT2D eigenvalue weighted by molar-refractivity contribution is 5.79. The Morgan fingerprint density at radius 2 is 1.79 bits per heavy atom. The number of aryl methyl sites for hydroxylation is 1. The number of aliphatic imine (C=N–C) groups is 1. The molecule has 0 bridgehead atoms.